The molecular formula is C19H23N5O2S. The molecule has 7 nitrogen and oxygen atoms in total. The Balaban J connectivity index is 1.58. The van der Waals surface area contributed by atoms with E-state index in [2.05, 4.69) is 37.7 Å². The number of nitrogens with one attached hydrogen (secondary N) is 3. The number of hydrogen-bond acceptors (Lipinski definition) is 6. The molecule has 1 aliphatic rings. The Hall–Kier alpha value is -2.45. The second-order valence-corrected chi connectivity index (χ2v) is 8.98. The summed E-state index contributed by atoms with van der Waals surface area (Å²) < 4.78 is 24.3. The Kier molecular flexibility index (Phi) is 4.84. The molecule has 0 unspecified atom stereocenters. The maximum atomic E-state index is 12.2. The zero-order valence-electron chi connectivity index (χ0n) is 15.2. The third-order valence-electron chi connectivity index (χ3n) is 4.89. The highest BCUT2D eigenvalue weighted by Crippen LogP contribution is 2.28. The van der Waals surface area contributed by atoms with Crippen molar-refractivity contribution in [1.82, 2.24) is 20.3 Å². The lowest BCUT2D eigenvalue weighted by Crippen LogP contribution is -2.30. The van der Waals surface area contributed by atoms with Crippen molar-refractivity contribution >= 4 is 26.7 Å². The first kappa shape index (κ1) is 17.9. The minimum atomic E-state index is -3.37. The lowest BCUT2D eigenvalue weighted by molar-refractivity contribution is 0.448. The van der Waals surface area contributed by atoms with Gasteiger partial charge < -0.3 is 15.6 Å². The van der Waals surface area contributed by atoms with Crippen molar-refractivity contribution in [3.8, 4) is 0 Å². The van der Waals surface area contributed by atoms with Crippen LogP contribution in [-0.4, -0.2) is 42.7 Å². The number of aromatic nitrogens is 3. The van der Waals surface area contributed by atoms with Crippen LogP contribution in [0.25, 0.3) is 10.9 Å². The Bertz CT molecular complexity index is 1020. The first-order chi connectivity index (χ1) is 13.0. The van der Waals surface area contributed by atoms with E-state index in [0.717, 1.165) is 42.5 Å². The van der Waals surface area contributed by atoms with Gasteiger partial charge in [0.25, 0.3) is 0 Å². The van der Waals surface area contributed by atoms with E-state index in [4.69, 9.17) is 0 Å². The molecule has 8 heteroatoms. The number of benzene rings is 1. The van der Waals surface area contributed by atoms with E-state index in [0.29, 0.717) is 18.2 Å². The van der Waals surface area contributed by atoms with Crippen LogP contribution in [0.1, 0.15) is 30.1 Å². The summed E-state index contributed by atoms with van der Waals surface area (Å²) in [6.45, 7) is 2.23. The third kappa shape index (κ3) is 3.96. The Labute approximate surface area is 158 Å². The van der Waals surface area contributed by atoms with Crippen LogP contribution in [0.3, 0.4) is 0 Å². The molecule has 0 bridgehead atoms. The van der Waals surface area contributed by atoms with Crippen molar-refractivity contribution in [2.45, 2.75) is 30.2 Å². The maximum absolute atomic E-state index is 12.2. The minimum absolute atomic E-state index is 0.0834. The summed E-state index contributed by atoms with van der Waals surface area (Å²) in [5, 5.41) is 7.68. The molecule has 1 fully saturated rings. The molecule has 0 radical (unpaired) electrons. The average molecular weight is 385 g/mol. The predicted octanol–water partition coefficient (Wildman–Crippen LogP) is 2.44. The fourth-order valence-electron chi connectivity index (χ4n) is 3.54. The van der Waals surface area contributed by atoms with Crippen molar-refractivity contribution in [2.24, 2.45) is 0 Å². The van der Waals surface area contributed by atoms with Crippen molar-refractivity contribution in [2.75, 3.05) is 24.7 Å². The molecule has 0 amide bonds. The molecule has 3 N–H and O–H groups in total. The van der Waals surface area contributed by atoms with Crippen LogP contribution in [0.15, 0.2) is 41.4 Å². The normalized spacial score (nSPS) is 17.9. The highest BCUT2D eigenvalue weighted by molar-refractivity contribution is 7.90. The highest BCUT2D eigenvalue weighted by Gasteiger charge is 2.25. The summed E-state index contributed by atoms with van der Waals surface area (Å²) in [7, 11) is -3.37. The lowest BCUT2D eigenvalue weighted by Gasteiger charge is -2.24. The smallest absolute Gasteiger partial charge is 0.223 e. The van der Waals surface area contributed by atoms with Crippen molar-refractivity contribution < 1.29 is 8.42 Å². The van der Waals surface area contributed by atoms with Crippen LogP contribution in [0, 0.1) is 0 Å². The van der Waals surface area contributed by atoms with Gasteiger partial charge in [-0.05, 0) is 36.9 Å². The van der Waals surface area contributed by atoms with E-state index in [1.54, 1.807) is 0 Å². The summed E-state index contributed by atoms with van der Waals surface area (Å²) >= 11 is 0. The molecule has 1 saturated heterocycles. The van der Waals surface area contributed by atoms with Gasteiger partial charge in [-0.1, -0.05) is 18.2 Å². The SMILES string of the molecule is CS(=O)(=O)c1cnc(NCc2cc3ccccc3[nH]2)nc1[C@@H]1CCCNC1. The molecule has 1 atom stereocenters. The fourth-order valence-corrected chi connectivity index (χ4v) is 4.37. The maximum Gasteiger partial charge on any atom is 0.223 e. The number of piperidine rings is 1. The van der Waals surface area contributed by atoms with Crippen LogP contribution in [0.2, 0.25) is 0 Å². The Morgan fingerprint density at radius 1 is 1.30 bits per heavy atom. The van der Waals surface area contributed by atoms with E-state index in [1.165, 1.54) is 12.5 Å². The second kappa shape index (κ2) is 7.28. The number of H-pyrrole nitrogens is 1. The first-order valence-electron chi connectivity index (χ1n) is 9.09. The van der Waals surface area contributed by atoms with Crippen molar-refractivity contribution in [3.63, 3.8) is 0 Å². The standard InChI is InChI=1S/C19H23N5O2S/c1-27(25,26)17-12-22-19(24-18(17)14-6-4-8-20-10-14)21-11-15-9-13-5-2-3-7-16(13)23-15/h2-3,5,7,9,12,14,20,23H,4,6,8,10-11H2,1H3,(H,21,22,24)/t14-/m1/s1. The molecule has 0 saturated carbocycles. The van der Waals surface area contributed by atoms with Crippen molar-refractivity contribution in [1.29, 1.82) is 0 Å². The molecule has 3 heterocycles. The van der Waals surface area contributed by atoms with Gasteiger partial charge in [-0.2, -0.15) is 0 Å². The predicted molar refractivity (Wildman–Crippen MR) is 106 cm³/mol. The molecule has 0 aliphatic carbocycles. The summed E-state index contributed by atoms with van der Waals surface area (Å²) in [6, 6.07) is 10.2. The Morgan fingerprint density at radius 3 is 2.89 bits per heavy atom. The highest BCUT2D eigenvalue weighted by atomic mass is 32.2. The summed E-state index contributed by atoms with van der Waals surface area (Å²) in [5.74, 6) is 0.529. The number of fused-ring (bicyclic) bond motifs is 1. The van der Waals surface area contributed by atoms with Crippen LogP contribution in [0.4, 0.5) is 5.95 Å². The van der Waals surface area contributed by atoms with E-state index in [-0.39, 0.29) is 10.8 Å². The van der Waals surface area contributed by atoms with Crippen LogP contribution in [0.5, 0.6) is 0 Å². The minimum Gasteiger partial charge on any atom is -0.357 e. The molecule has 1 aromatic carbocycles. The number of anilines is 1. The van der Waals surface area contributed by atoms with Crippen LogP contribution in [-0.2, 0) is 16.4 Å². The van der Waals surface area contributed by atoms with E-state index >= 15 is 0 Å². The van der Waals surface area contributed by atoms with E-state index in [1.807, 2.05) is 18.2 Å². The lowest BCUT2D eigenvalue weighted by atomic mass is 9.96. The molecule has 0 spiro atoms. The zero-order chi connectivity index (χ0) is 18.9. The van der Waals surface area contributed by atoms with Gasteiger partial charge >= 0.3 is 0 Å². The largest absolute Gasteiger partial charge is 0.357 e. The monoisotopic (exact) mass is 385 g/mol. The number of para-hydroxylation sites is 1. The van der Waals surface area contributed by atoms with Gasteiger partial charge in [-0.25, -0.2) is 18.4 Å². The molecule has 142 valence electrons. The van der Waals surface area contributed by atoms with Gasteiger partial charge in [0.05, 0.1) is 18.4 Å². The number of hydrogen-bond donors (Lipinski definition) is 3. The molecule has 27 heavy (non-hydrogen) atoms. The van der Waals surface area contributed by atoms with Gasteiger partial charge in [0.15, 0.2) is 9.84 Å². The Morgan fingerprint density at radius 2 is 2.15 bits per heavy atom. The summed E-state index contributed by atoms with van der Waals surface area (Å²) in [6.07, 6.45) is 4.58. The van der Waals surface area contributed by atoms with Gasteiger partial charge in [-0.15, -0.1) is 0 Å². The molecule has 1 aliphatic heterocycles. The number of rotatable bonds is 5. The van der Waals surface area contributed by atoms with Crippen molar-refractivity contribution in [3.05, 3.63) is 47.9 Å². The van der Waals surface area contributed by atoms with Gasteiger partial charge in [-0.3, -0.25) is 0 Å². The molecule has 2 aromatic heterocycles. The number of nitrogens with zero attached hydrogens (tertiary/aromatic N) is 2. The van der Waals surface area contributed by atoms with Gasteiger partial charge in [0.1, 0.15) is 4.90 Å². The number of sulfone groups is 1. The molecule has 4 rings (SSSR count). The van der Waals surface area contributed by atoms with Gasteiger partial charge in [0.2, 0.25) is 5.95 Å². The quantitative estimate of drug-likeness (QED) is 0.624. The van der Waals surface area contributed by atoms with Crippen LogP contribution >= 0.6 is 0 Å². The first-order valence-corrected chi connectivity index (χ1v) is 11.0. The molecular weight excluding hydrogens is 362 g/mol. The van der Waals surface area contributed by atoms with E-state index < -0.39 is 9.84 Å². The summed E-state index contributed by atoms with van der Waals surface area (Å²) in [5.41, 5.74) is 2.71. The summed E-state index contributed by atoms with van der Waals surface area (Å²) in [4.78, 5) is 12.4. The fraction of sp³-hybridized carbons (Fsp3) is 0.368. The van der Waals surface area contributed by atoms with E-state index in [9.17, 15) is 8.42 Å². The van der Waals surface area contributed by atoms with Gasteiger partial charge in [0, 0.05) is 29.9 Å². The zero-order valence-corrected chi connectivity index (χ0v) is 16.0. The second-order valence-electron chi connectivity index (χ2n) is 6.99. The third-order valence-corrected chi connectivity index (χ3v) is 6.00. The number of aromatic amines is 1. The average Bonchev–Trinajstić information content (AvgIpc) is 3.09. The van der Waals surface area contributed by atoms with Crippen LogP contribution < -0.4 is 10.6 Å². The topological polar surface area (TPSA) is 99.8 Å². The molecule has 3 aromatic rings.